The first kappa shape index (κ1) is 39.4. The molecule has 1 heteroatoms. The van der Waals surface area contributed by atoms with Gasteiger partial charge in [-0.1, -0.05) is 191 Å². The highest BCUT2D eigenvalue weighted by molar-refractivity contribution is 5.91. The van der Waals surface area contributed by atoms with Gasteiger partial charge in [0, 0.05) is 22.5 Å². The van der Waals surface area contributed by atoms with Crippen molar-refractivity contribution in [1.29, 1.82) is 0 Å². The van der Waals surface area contributed by atoms with E-state index < -0.39 is 0 Å². The molecule has 0 amide bonds. The Morgan fingerprint density at radius 3 is 1.42 bits per heavy atom. The van der Waals surface area contributed by atoms with Gasteiger partial charge in [-0.2, -0.15) is 0 Å². The van der Waals surface area contributed by atoms with E-state index in [0.717, 1.165) is 36.3 Å². The molecule has 0 aliphatic heterocycles. The van der Waals surface area contributed by atoms with Crippen molar-refractivity contribution in [2.45, 2.75) is 45.4 Å². The van der Waals surface area contributed by atoms with Gasteiger partial charge in [0.25, 0.3) is 0 Å². The average molecular weight is 822 g/mol. The van der Waals surface area contributed by atoms with Gasteiger partial charge in [0.15, 0.2) is 0 Å². The van der Waals surface area contributed by atoms with E-state index in [1.54, 1.807) is 0 Å². The van der Waals surface area contributed by atoms with Gasteiger partial charge >= 0.3 is 0 Å². The maximum absolute atomic E-state index is 2.44. The molecule has 0 atom stereocenters. The molecule has 0 radical (unpaired) electrons. The molecule has 0 spiro atoms. The molecule has 0 saturated carbocycles. The summed E-state index contributed by atoms with van der Waals surface area (Å²) in [4.78, 5) is 2.42. The summed E-state index contributed by atoms with van der Waals surface area (Å²) < 4.78 is 0. The smallest absolute Gasteiger partial charge is 0.0465 e. The standard InChI is InChI=1S/C63H51N/c1-4-43-14-16-46(17-15-43)48-22-24-50(25-23-48)52-30-35-57(36-31-52)64(56-33-28-51(29-34-56)49-20-18-47(19-21-49)44-10-6-5-7-11-44)58-37-39-60-59-38-32-55(41-61(59)63(2,3)62(60)42-58)54-27-26-45-12-8-9-13-53(45)40-54/h6,8-42H,4-5,7H2,1-3H3. The van der Waals surface area contributed by atoms with Crippen molar-refractivity contribution < 1.29 is 0 Å². The summed E-state index contributed by atoms with van der Waals surface area (Å²) in [6.07, 6.45) is 10.2. The summed E-state index contributed by atoms with van der Waals surface area (Å²) in [6.45, 7) is 6.97. The van der Waals surface area contributed by atoms with E-state index in [1.807, 2.05) is 0 Å². The van der Waals surface area contributed by atoms with Crippen LogP contribution in [0.2, 0.25) is 0 Å². The number of allylic oxidation sites excluding steroid dienone is 4. The first-order valence-corrected chi connectivity index (χ1v) is 22.9. The molecule has 0 N–H and O–H groups in total. The zero-order valence-corrected chi connectivity index (χ0v) is 36.9. The van der Waals surface area contributed by atoms with Crippen molar-refractivity contribution in [3.8, 4) is 55.6 Å². The molecule has 0 unspecified atom stereocenters. The normalized spacial score (nSPS) is 13.6. The maximum Gasteiger partial charge on any atom is 0.0465 e. The number of anilines is 3. The highest BCUT2D eigenvalue weighted by atomic mass is 15.1. The molecular formula is C63H51N. The summed E-state index contributed by atoms with van der Waals surface area (Å²) in [6, 6.07) is 74.7. The Balaban J connectivity index is 0.937. The number of aryl methyl sites for hydroxylation is 1. The van der Waals surface area contributed by atoms with E-state index in [9.17, 15) is 0 Å². The third-order valence-corrected chi connectivity index (χ3v) is 13.7. The monoisotopic (exact) mass is 821 g/mol. The van der Waals surface area contributed by atoms with Crippen LogP contribution in [0.25, 0.3) is 72.0 Å². The van der Waals surface area contributed by atoms with Gasteiger partial charge in [-0.25, -0.2) is 0 Å². The van der Waals surface area contributed by atoms with E-state index in [0.29, 0.717) is 0 Å². The lowest BCUT2D eigenvalue weighted by atomic mass is 9.81. The second kappa shape index (κ2) is 16.3. The zero-order chi connectivity index (χ0) is 43.2. The first-order valence-electron chi connectivity index (χ1n) is 22.9. The predicted octanol–water partition coefficient (Wildman–Crippen LogP) is 17.6. The zero-order valence-electron chi connectivity index (χ0n) is 36.9. The first-order chi connectivity index (χ1) is 31.4. The largest absolute Gasteiger partial charge is 0.310 e. The fourth-order valence-corrected chi connectivity index (χ4v) is 9.94. The fraction of sp³-hybridized carbons (Fsp3) is 0.111. The number of nitrogens with zero attached hydrogens (tertiary/aromatic N) is 1. The highest BCUT2D eigenvalue weighted by Gasteiger charge is 2.36. The Morgan fingerprint density at radius 2 is 0.859 bits per heavy atom. The molecular weight excluding hydrogens is 771 g/mol. The number of hydrogen-bond donors (Lipinski definition) is 0. The van der Waals surface area contributed by atoms with E-state index >= 15 is 0 Å². The van der Waals surface area contributed by atoms with Crippen LogP contribution in [-0.4, -0.2) is 0 Å². The molecule has 0 bridgehead atoms. The Morgan fingerprint density at radius 1 is 0.406 bits per heavy atom. The highest BCUT2D eigenvalue weighted by Crippen LogP contribution is 2.52. The molecule has 0 aromatic heterocycles. The molecule has 2 aliphatic rings. The SMILES string of the molecule is CCc1ccc(-c2ccc(-c3ccc(N(c4ccc(-c5ccc(C6=CCCC=C6)cc5)cc4)c4ccc5c(c4)C(C)(C)c4cc(-c6ccc7ccccc7c6)ccc4-5)cc3)cc2)cc1. The van der Waals surface area contributed by atoms with Gasteiger partial charge in [0.2, 0.25) is 0 Å². The number of hydrogen-bond acceptors (Lipinski definition) is 1. The summed E-state index contributed by atoms with van der Waals surface area (Å²) >= 11 is 0. The fourth-order valence-electron chi connectivity index (χ4n) is 9.94. The maximum atomic E-state index is 2.44. The van der Waals surface area contributed by atoms with Crippen LogP contribution in [0.5, 0.6) is 0 Å². The second-order valence-corrected chi connectivity index (χ2v) is 18.0. The van der Waals surface area contributed by atoms with E-state index in [2.05, 4.69) is 244 Å². The third kappa shape index (κ3) is 7.27. The minimum Gasteiger partial charge on any atom is -0.310 e. The summed E-state index contributed by atoms with van der Waals surface area (Å²) in [5, 5.41) is 2.53. The minimum atomic E-state index is -0.188. The summed E-state index contributed by atoms with van der Waals surface area (Å²) in [5.74, 6) is 0. The minimum absolute atomic E-state index is 0.188. The van der Waals surface area contributed by atoms with Gasteiger partial charge in [0.05, 0.1) is 0 Å². The van der Waals surface area contributed by atoms with Crippen molar-refractivity contribution in [2.24, 2.45) is 0 Å². The second-order valence-electron chi connectivity index (χ2n) is 18.0. The molecule has 308 valence electrons. The molecule has 1 nitrogen and oxygen atoms in total. The van der Waals surface area contributed by atoms with Gasteiger partial charge in [0.1, 0.15) is 0 Å². The average Bonchev–Trinajstić information content (AvgIpc) is 3.59. The number of benzene rings is 9. The number of fused-ring (bicyclic) bond motifs is 4. The predicted molar refractivity (Wildman–Crippen MR) is 274 cm³/mol. The van der Waals surface area contributed by atoms with Crippen LogP contribution in [0, 0.1) is 0 Å². The van der Waals surface area contributed by atoms with E-state index in [1.165, 1.54) is 94.2 Å². The van der Waals surface area contributed by atoms with Gasteiger partial charge in [-0.15, -0.1) is 0 Å². The third-order valence-electron chi connectivity index (χ3n) is 13.7. The quantitative estimate of drug-likeness (QED) is 0.140. The molecule has 9 aromatic carbocycles. The van der Waals surface area contributed by atoms with Crippen molar-refractivity contribution in [3.05, 3.63) is 241 Å². The van der Waals surface area contributed by atoms with Crippen LogP contribution in [0.15, 0.2) is 218 Å². The van der Waals surface area contributed by atoms with Crippen LogP contribution in [-0.2, 0) is 11.8 Å². The summed E-state index contributed by atoms with van der Waals surface area (Å²) in [7, 11) is 0. The Bertz CT molecular complexity index is 3220. The van der Waals surface area contributed by atoms with Crippen LogP contribution >= 0.6 is 0 Å². The lowest BCUT2D eigenvalue weighted by molar-refractivity contribution is 0.660. The molecule has 0 heterocycles. The molecule has 9 aromatic rings. The van der Waals surface area contributed by atoms with E-state index in [4.69, 9.17) is 0 Å². The van der Waals surface area contributed by atoms with Crippen LogP contribution in [0.4, 0.5) is 17.1 Å². The molecule has 2 aliphatic carbocycles. The van der Waals surface area contributed by atoms with E-state index in [-0.39, 0.29) is 5.41 Å². The van der Waals surface area contributed by atoms with Crippen LogP contribution in [0.3, 0.4) is 0 Å². The topological polar surface area (TPSA) is 3.24 Å². The van der Waals surface area contributed by atoms with Crippen LogP contribution in [0.1, 0.15) is 55.9 Å². The lowest BCUT2D eigenvalue weighted by Gasteiger charge is -2.28. The van der Waals surface area contributed by atoms with Gasteiger partial charge in [-0.05, 0) is 162 Å². The summed E-state index contributed by atoms with van der Waals surface area (Å²) in [5.41, 5.74) is 22.3. The van der Waals surface area contributed by atoms with Crippen molar-refractivity contribution >= 4 is 33.4 Å². The molecule has 0 fully saturated rings. The van der Waals surface area contributed by atoms with Gasteiger partial charge < -0.3 is 4.90 Å². The number of rotatable bonds is 9. The lowest BCUT2D eigenvalue weighted by Crippen LogP contribution is -2.16. The van der Waals surface area contributed by atoms with Crippen molar-refractivity contribution in [3.63, 3.8) is 0 Å². The van der Waals surface area contributed by atoms with Crippen LogP contribution < -0.4 is 4.90 Å². The Hall–Kier alpha value is -7.48. The Kier molecular flexibility index (Phi) is 10.0. The van der Waals surface area contributed by atoms with Gasteiger partial charge in [-0.3, -0.25) is 0 Å². The molecule has 0 saturated heterocycles. The van der Waals surface area contributed by atoms with Crippen molar-refractivity contribution in [2.75, 3.05) is 4.90 Å². The Labute approximate surface area is 378 Å². The molecule has 11 rings (SSSR count). The molecule has 64 heavy (non-hydrogen) atoms. The van der Waals surface area contributed by atoms with Crippen molar-refractivity contribution in [1.82, 2.24) is 0 Å².